The van der Waals surface area contributed by atoms with Crippen molar-refractivity contribution in [2.45, 2.75) is 58.4 Å². The lowest BCUT2D eigenvalue weighted by Gasteiger charge is -2.40. The first kappa shape index (κ1) is 15.1. The molecule has 20 heavy (non-hydrogen) atoms. The summed E-state index contributed by atoms with van der Waals surface area (Å²) in [6, 6.07) is 0.493. The Morgan fingerprint density at radius 3 is 2.25 bits per heavy atom. The van der Waals surface area contributed by atoms with Crippen LogP contribution in [0.1, 0.15) is 52.4 Å². The normalized spacial score (nSPS) is 22.8. The molecule has 1 heterocycles. The van der Waals surface area contributed by atoms with E-state index in [-0.39, 0.29) is 6.03 Å². The molecule has 0 radical (unpaired) electrons. The van der Waals surface area contributed by atoms with Gasteiger partial charge in [-0.2, -0.15) is 0 Å². The standard InChI is InChI=1S/C15H26N2O3/c1-3-17(12-6-4-5-7-12)14(20)16-10-8-15(2,9-11-16)13(18)19/h12H,3-11H2,1-2H3,(H,18,19). The Kier molecular flexibility index (Phi) is 4.55. The van der Waals surface area contributed by atoms with Crippen molar-refractivity contribution in [1.29, 1.82) is 0 Å². The third-order valence-electron chi connectivity index (χ3n) is 5.01. The smallest absolute Gasteiger partial charge is 0.320 e. The zero-order valence-electron chi connectivity index (χ0n) is 12.6. The number of piperidine rings is 1. The molecule has 0 unspecified atom stereocenters. The molecule has 1 saturated carbocycles. The quantitative estimate of drug-likeness (QED) is 0.865. The molecule has 2 aliphatic rings. The molecule has 5 nitrogen and oxygen atoms in total. The van der Waals surface area contributed by atoms with Gasteiger partial charge in [0.2, 0.25) is 0 Å². The number of nitrogens with zero attached hydrogens (tertiary/aromatic N) is 2. The molecular weight excluding hydrogens is 256 g/mol. The molecule has 2 amide bonds. The number of amides is 2. The van der Waals surface area contributed by atoms with Crippen LogP contribution < -0.4 is 0 Å². The Hall–Kier alpha value is -1.26. The SMILES string of the molecule is CCN(C(=O)N1CCC(C)(C(=O)O)CC1)C1CCCC1. The first-order valence-electron chi connectivity index (χ1n) is 7.77. The predicted molar refractivity (Wildman–Crippen MR) is 76.6 cm³/mol. The molecule has 0 aromatic carbocycles. The van der Waals surface area contributed by atoms with E-state index < -0.39 is 11.4 Å². The van der Waals surface area contributed by atoms with Crippen LogP contribution in [0.25, 0.3) is 0 Å². The third kappa shape index (κ3) is 2.91. The zero-order chi connectivity index (χ0) is 14.8. The number of likely N-dealkylation sites (tertiary alicyclic amines) is 1. The van der Waals surface area contributed by atoms with Crippen LogP contribution in [0.15, 0.2) is 0 Å². The van der Waals surface area contributed by atoms with Crippen molar-refractivity contribution in [3.63, 3.8) is 0 Å². The second kappa shape index (κ2) is 6.02. The van der Waals surface area contributed by atoms with Crippen molar-refractivity contribution in [1.82, 2.24) is 9.80 Å². The van der Waals surface area contributed by atoms with Crippen molar-refractivity contribution in [3.05, 3.63) is 0 Å². The first-order valence-corrected chi connectivity index (χ1v) is 7.77. The molecule has 0 bridgehead atoms. The van der Waals surface area contributed by atoms with Gasteiger partial charge in [-0.25, -0.2) is 4.79 Å². The van der Waals surface area contributed by atoms with Crippen molar-refractivity contribution in [2.75, 3.05) is 19.6 Å². The molecule has 1 saturated heterocycles. The predicted octanol–water partition coefficient (Wildman–Crippen LogP) is 2.56. The van der Waals surface area contributed by atoms with Crippen LogP contribution in [0, 0.1) is 5.41 Å². The van der Waals surface area contributed by atoms with Crippen LogP contribution in [0.3, 0.4) is 0 Å². The Morgan fingerprint density at radius 1 is 1.25 bits per heavy atom. The summed E-state index contributed by atoms with van der Waals surface area (Å²) in [5.74, 6) is -0.743. The maximum Gasteiger partial charge on any atom is 0.320 e. The Labute approximate surface area is 120 Å². The fraction of sp³-hybridized carbons (Fsp3) is 0.867. The van der Waals surface area contributed by atoms with E-state index >= 15 is 0 Å². The largest absolute Gasteiger partial charge is 0.481 e. The van der Waals surface area contributed by atoms with Crippen LogP contribution in [0.5, 0.6) is 0 Å². The lowest BCUT2D eigenvalue weighted by molar-refractivity contribution is -0.150. The van der Waals surface area contributed by atoms with Gasteiger partial charge in [-0.1, -0.05) is 12.8 Å². The number of aliphatic carboxylic acids is 1. The van der Waals surface area contributed by atoms with Crippen LogP contribution in [0.2, 0.25) is 0 Å². The van der Waals surface area contributed by atoms with E-state index in [1.54, 1.807) is 6.92 Å². The highest BCUT2D eigenvalue weighted by atomic mass is 16.4. The molecule has 0 aromatic heterocycles. The molecular formula is C15H26N2O3. The summed E-state index contributed by atoms with van der Waals surface area (Å²) >= 11 is 0. The van der Waals surface area contributed by atoms with E-state index in [1.165, 1.54) is 12.8 Å². The average molecular weight is 282 g/mol. The van der Waals surface area contributed by atoms with Gasteiger partial charge in [0.25, 0.3) is 0 Å². The van der Waals surface area contributed by atoms with Crippen molar-refractivity contribution in [2.24, 2.45) is 5.41 Å². The molecule has 5 heteroatoms. The number of hydrogen-bond acceptors (Lipinski definition) is 2. The summed E-state index contributed by atoms with van der Waals surface area (Å²) in [6.45, 7) is 5.68. The minimum atomic E-state index is -0.743. The van der Waals surface area contributed by atoms with Crippen LogP contribution >= 0.6 is 0 Å². The molecule has 0 aromatic rings. The van der Waals surface area contributed by atoms with Crippen LogP contribution in [0.4, 0.5) is 4.79 Å². The summed E-state index contributed by atoms with van der Waals surface area (Å²) in [7, 11) is 0. The second-order valence-electron chi connectivity index (χ2n) is 6.36. The van der Waals surface area contributed by atoms with Gasteiger partial charge in [-0.15, -0.1) is 0 Å². The topological polar surface area (TPSA) is 60.9 Å². The van der Waals surface area contributed by atoms with Gasteiger partial charge < -0.3 is 14.9 Å². The van der Waals surface area contributed by atoms with Crippen molar-refractivity contribution >= 4 is 12.0 Å². The molecule has 2 rings (SSSR count). The Bertz CT molecular complexity index is 369. The van der Waals surface area contributed by atoms with Gasteiger partial charge in [0, 0.05) is 25.7 Å². The van der Waals surface area contributed by atoms with E-state index in [9.17, 15) is 14.7 Å². The number of rotatable bonds is 3. The van der Waals surface area contributed by atoms with Gasteiger partial charge in [0.05, 0.1) is 5.41 Å². The third-order valence-corrected chi connectivity index (χ3v) is 5.01. The van der Waals surface area contributed by atoms with Crippen LogP contribution in [-0.2, 0) is 4.79 Å². The summed E-state index contributed by atoms with van der Waals surface area (Å²) in [4.78, 5) is 27.7. The summed E-state index contributed by atoms with van der Waals surface area (Å²) in [6.07, 6.45) is 5.75. The number of carbonyl (C=O) groups is 2. The highest BCUT2D eigenvalue weighted by molar-refractivity contribution is 5.77. The minimum Gasteiger partial charge on any atom is -0.481 e. The van der Waals surface area contributed by atoms with E-state index in [0.717, 1.165) is 19.4 Å². The van der Waals surface area contributed by atoms with Crippen molar-refractivity contribution in [3.8, 4) is 0 Å². The summed E-state index contributed by atoms with van der Waals surface area (Å²) in [5.41, 5.74) is -0.665. The Morgan fingerprint density at radius 2 is 1.80 bits per heavy atom. The summed E-state index contributed by atoms with van der Waals surface area (Å²) < 4.78 is 0. The average Bonchev–Trinajstić information content (AvgIpc) is 2.94. The van der Waals surface area contributed by atoms with Gasteiger partial charge in [-0.05, 0) is 39.5 Å². The fourth-order valence-electron chi connectivity index (χ4n) is 3.35. The molecule has 114 valence electrons. The van der Waals surface area contributed by atoms with Gasteiger partial charge in [0.15, 0.2) is 0 Å². The molecule has 1 aliphatic heterocycles. The van der Waals surface area contributed by atoms with E-state index in [2.05, 4.69) is 0 Å². The monoisotopic (exact) mass is 282 g/mol. The highest BCUT2D eigenvalue weighted by Crippen LogP contribution is 2.32. The fourth-order valence-corrected chi connectivity index (χ4v) is 3.35. The number of urea groups is 1. The lowest BCUT2D eigenvalue weighted by Crippen LogP contribution is -2.52. The lowest BCUT2D eigenvalue weighted by atomic mass is 9.80. The van der Waals surface area contributed by atoms with Gasteiger partial charge in [-0.3, -0.25) is 4.79 Å². The number of carboxylic acids is 1. The molecule has 2 fully saturated rings. The maximum atomic E-state index is 12.6. The molecule has 0 spiro atoms. The zero-order valence-corrected chi connectivity index (χ0v) is 12.6. The molecule has 1 aliphatic carbocycles. The second-order valence-corrected chi connectivity index (χ2v) is 6.36. The molecule has 0 atom stereocenters. The van der Waals surface area contributed by atoms with Gasteiger partial charge in [0.1, 0.15) is 0 Å². The molecule has 1 N–H and O–H groups in total. The minimum absolute atomic E-state index is 0.104. The number of hydrogen-bond donors (Lipinski definition) is 1. The van der Waals surface area contributed by atoms with Crippen molar-refractivity contribution < 1.29 is 14.7 Å². The van der Waals surface area contributed by atoms with E-state index in [1.807, 2.05) is 16.7 Å². The van der Waals surface area contributed by atoms with Crippen LogP contribution in [-0.4, -0.2) is 52.6 Å². The maximum absolute atomic E-state index is 12.6. The number of carbonyl (C=O) groups excluding carboxylic acids is 1. The Balaban J connectivity index is 1.95. The van der Waals surface area contributed by atoms with E-state index in [4.69, 9.17) is 0 Å². The summed E-state index contributed by atoms with van der Waals surface area (Å²) in [5, 5.41) is 9.24. The van der Waals surface area contributed by atoms with E-state index in [0.29, 0.717) is 32.0 Å². The highest BCUT2D eigenvalue weighted by Gasteiger charge is 2.39. The first-order chi connectivity index (χ1) is 9.48. The number of carboxylic acid groups (broad SMARTS) is 1. The van der Waals surface area contributed by atoms with Gasteiger partial charge >= 0.3 is 12.0 Å².